The summed E-state index contributed by atoms with van der Waals surface area (Å²) in [5.74, 6) is -1.53. The molecule has 3 rings (SSSR count). The number of nitrogens with one attached hydrogen (secondary N) is 1. The van der Waals surface area contributed by atoms with Gasteiger partial charge in [0.1, 0.15) is 18.0 Å². The highest BCUT2D eigenvalue weighted by molar-refractivity contribution is 8.00. The fourth-order valence-corrected chi connectivity index (χ4v) is 4.29. The number of hydrogen-bond donors (Lipinski definition) is 2. The summed E-state index contributed by atoms with van der Waals surface area (Å²) >= 11 is 1.19. The van der Waals surface area contributed by atoms with E-state index in [0.717, 1.165) is 0 Å². The Morgan fingerprint density at radius 3 is 2.70 bits per heavy atom. The lowest BCUT2D eigenvalue weighted by molar-refractivity contribution is -0.384. The molecule has 0 spiro atoms. The van der Waals surface area contributed by atoms with E-state index in [2.05, 4.69) is 5.32 Å². The molecular formula is C16H17N3O7S. The van der Waals surface area contributed by atoms with Crippen LogP contribution >= 0.6 is 11.8 Å². The molecule has 0 radical (unpaired) electrons. The first kappa shape index (κ1) is 19.1. The molecule has 27 heavy (non-hydrogen) atoms. The van der Waals surface area contributed by atoms with E-state index in [9.17, 15) is 29.6 Å². The second kappa shape index (κ2) is 7.16. The monoisotopic (exact) mass is 395 g/mol. The second-order valence-corrected chi connectivity index (χ2v) is 7.48. The number of hydrogen-bond acceptors (Lipinski definition) is 8. The van der Waals surface area contributed by atoms with Crippen LogP contribution in [0.5, 0.6) is 0 Å². The lowest BCUT2D eigenvalue weighted by atomic mass is 9.99. The van der Waals surface area contributed by atoms with Crippen LogP contribution in [-0.4, -0.2) is 62.0 Å². The van der Waals surface area contributed by atoms with Gasteiger partial charge >= 0.3 is 5.97 Å². The molecule has 2 unspecified atom stereocenters. The van der Waals surface area contributed by atoms with Crippen molar-refractivity contribution in [1.29, 1.82) is 0 Å². The molecule has 144 valence electrons. The predicted molar refractivity (Wildman–Crippen MR) is 93.4 cm³/mol. The third-order valence-electron chi connectivity index (χ3n) is 4.32. The number of fused-ring (bicyclic) bond motifs is 1. The highest BCUT2D eigenvalue weighted by Crippen LogP contribution is 2.38. The van der Waals surface area contributed by atoms with E-state index in [-0.39, 0.29) is 41.8 Å². The SMILES string of the molecule is CC(=O)NC1C(=O)N2CC(O)(C(=O)OCc3ccc([N+](=O)[O-])cc3)CS[C@H]12. The minimum atomic E-state index is -1.85. The Bertz CT molecular complexity index is 800. The normalized spacial score (nSPS) is 26.6. The first-order valence-electron chi connectivity index (χ1n) is 8.03. The second-order valence-electron chi connectivity index (χ2n) is 6.38. The zero-order valence-electron chi connectivity index (χ0n) is 14.3. The Labute approximate surface area is 158 Å². The van der Waals surface area contributed by atoms with Gasteiger partial charge < -0.3 is 20.1 Å². The molecule has 2 aliphatic rings. The maximum atomic E-state index is 12.3. The minimum absolute atomic E-state index is 0.0244. The zero-order valence-corrected chi connectivity index (χ0v) is 15.1. The van der Waals surface area contributed by atoms with E-state index in [4.69, 9.17) is 4.74 Å². The number of nitrogens with zero attached hydrogens (tertiary/aromatic N) is 2. The van der Waals surface area contributed by atoms with Gasteiger partial charge in [-0.25, -0.2) is 4.79 Å². The summed E-state index contributed by atoms with van der Waals surface area (Å²) in [6.07, 6.45) is 0. The van der Waals surface area contributed by atoms with Gasteiger partial charge in [-0.1, -0.05) is 0 Å². The van der Waals surface area contributed by atoms with Crippen LogP contribution in [-0.2, 0) is 25.7 Å². The number of rotatable bonds is 5. The van der Waals surface area contributed by atoms with E-state index < -0.39 is 22.5 Å². The number of benzene rings is 1. The molecule has 1 aromatic rings. The van der Waals surface area contributed by atoms with Crippen LogP contribution in [0.15, 0.2) is 24.3 Å². The van der Waals surface area contributed by atoms with E-state index in [0.29, 0.717) is 5.56 Å². The third-order valence-corrected chi connectivity index (χ3v) is 5.83. The minimum Gasteiger partial charge on any atom is -0.459 e. The van der Waals surface area contributed by atoms with Gasteiger partial charge in [0, 0.05) is 24.8 Å². The highest BCUT2D eigenvalue weighted by Gasteiger charge is 2.57. The molecule has 0 aromatic heterocycles. The molecule has 0 bridgehead atoms. The van der Waals surface area contributed by atoms with Gasteiger partial charge in [0.05, 0.1) is 11.5 Å². The van der Waals surface area contributed by atoms with Crippen molar-refractivity contribution in [2.75, 3.05) is 12.3 Å². The summed E-state index contributed by atoms with van der Waals surface area (Å²) < 4.78 is 5.13. The summed E-state index contributed by atoms with van der Waals surface area (Å²) in [6, 6.07) is 4.85. The molecule has 2 saturated heterocycles. The highest BCUT2D eigenvalue weighted by atomic mass is 32.2. The van der Waals surface area contributed by atoms with Crippen molar-refractivity contribution in [3.05, 3.63) is 39.9 Å². The Morgan fingerprint density at radius 1 is 1.44 bits per heavy atom. The average molecular weight is 395 g/mol. The number of amides is 2. The molecule has 2 heterocycles. The number of carbonyl (C=O) groups excluding carboxylic acids is 3. The molecule has 2 N–H and O–H groups in total. The largest absolute Gasteiger partial charge is 0.459 e. The predicted octanol–water partition coefficient (Wildman–Crippen LogP) is -0.211. The van der Waals surface area contributed by atoms with Crippen LogP contribution in [0.4, 0.5) is 5.69 Å². The maximum Gasteiger partial charge on any atom is 0.341 e. The molecule has 2 aliphatic heterocycles. The lowest BCUT2D eigenvalue weighted by Crippen LogP contribution is -2.75. The smallest absolute Gasteiger partial charge is 0.341 e. The van der Waals surface area contributed by atoms with Crippen LogP contribution < -0.4 is 5.32 Å². The average Bonchev–Trinajstić information content (AvgIpc) is 2.64. The summed E-state index contributed by atoms with van der Waals surface area (Å²) in [4.78, 5) is 47.0. The van der Waals surface area contributed by atoms with Crippen LogP contribution in [0.1, 0.15) is 12.5 Å². The molecule has 11 heteroatoms. The summed E-state index contributed by atoms with van der Waals surface area (Å²) in [5.41, 5.74) is -1.40. The van der Waals surface area contributed by atoms with Gasteiger partial charge in [-0.15, -0.1) is 11.8 Å². The number of non-ortho nitro benzene ring substituents is 1. The van der Waals surface area contributed by atoms with Gasteiger partial charge in [0.15, 0.2) is 5.60 Å². The third kappa shape index (κ3) is 3.74. The zero-order chi connectivity index (χ0) is 19.8. The Morgan fingerprint density at radius 2 is 2.11 bits per heavy atom. The fraction of sp³-hybridized carbons (Fsp3) is 0.438. The van der Waals surface area contributed by atoms with Gasteiger partial charge in [0.2, 0.25) is 11.8 Å². The summed E-state index contributed by atoms with van der Waals surface area (Å²) in [7, 11) is 0. The van der Waals surface area contributed by atoms with Crippen LogP contribution in [0.3, 0.4) is 0 Å². The standard InChI is InChI=1S/C16H17N3O7S/c1-9(20)17-12-13(21)18-7-16(23,8-27-14(12)18)15(22)26-6-10-2-4-11(5-3-10)19(24)25/h2-5,12,14,23H,6-8H2,1H3,(H,17,20)/t12?,14-,16?/m1/s1. The Balaban J connectivity index is 1.57. The van der Waals surface area contributed by atoms with E-state index in [1.165, 1.54) is 47.9 Å². The number of aliphatic hydroxyl groups is 1. The van der Waals surface area contributed by atoms with E-state index in [1.54, 1.807) is 0 Å². The number of esters is 1. The van der Waals surface area contributed by atoms with Crippen molar-refractivity contribution in [2.24, 2.45) is 0 Å². The van der Waals surface area contributed by atoms with Crippen LogP contribution in [0, 0.1) is 10.1 Å². The van der Waals surface area contributed by atoms with Gasteiger partial charge in [0.25, 0.3) is 5.69 Å². The van der Waals surface area contributed by atoms with Gasteiger partial charge in [-0.05, 0) is 17.7 Å². The topological polar surface area (TPSA) is 139 Å². The molecule has 0 aliphatic carbocycles. The Kier molecular flexibility index (Phi) is 5.07. The van der Waals surface area contributed by atoms with Crippen molar-refractivity contribution in [3.63, 3.8) is 0 Å². The molecule has 3 atom stereocenters. The number of β-lactam (4-membered cyclic amide) rings is 1. The molecule has 1 aromatic carbocycles. The number of nitro benzene ring substituents is 1. The number of thioether (sulfide) groups is 1. The van der Waals surface area contributed by atoms with E-state index in [1.807, 2.05) is 0 Å². The van der Waals surface area contributed by atoms with Crippen molar-refractivity contribution >= 4 is 35.2 Å². The summed E-state index contributed by atoms with van der Waals surface area (Å²) in [6.45, 7) is 0.948. The van der Waals surface area contributed by atoms with Crippen LogP contribution in [0.25, 0.3) is 0 Å². The molecule has 2 amide bonds. The van der Waals surface area contributed by atoms with Crippen LogP contribution in [0.2, 0.25) is 0 Å². The maximum absolute atomic E-state index is 12.3. The quantitative estimate of drug-likeness (QED) is 0.302. The molecular weight excluding hydrogens is 378 g/mol. The Hall–Kier alpha value is -2.66. The van der Waals surface area contributed by atoms with Crippen molar-refractivity contribution in [2.45, 2.75) is 30.5 Å². The number of carbonyl (C=O) groups is 3. The molecule has 2 fully saturated rings. The van der Waals surface area contributed by atoms with Crippen molar-refractivity contribution < 1.29 is 29.2 Å². The van der Waals surface area contributed by atoms with Crippen molar-refractivity contribution in [1.82, 2.24) is 10.2 Å². The van der Waals surface area contributed by atoms with Gasteiger partial charge in [-0.2, -0.15) is 0 Å². The fourth-order valence-electron chi connectivity index (χ4n) is 2.90. The molecule has 10 nitrogen and oxygen atoms in total. The van der Waals surface area contributed by atoms with Gasteiger partial charge in [-0.3, -0.25) is 19.7 Å². The van der Waals surface area contributed by atoms with E-state index >= 15 is 0 Å². The molecule has 0 saturated carbocycles. The summed E-state index contributed by atoms with van der Waals surface area (Å²) in [5, 5.41) is 23.4. The first-order valence-corrected chi connectivity index (χ1v) is 9.08. The first-order chi connectivity index (χ1) is 12.7. The van der Waals surface area contributed by atoms with Crippen molar-refractivity contribution in [3.8, 4) is 0 Å². The number of ether oxygens (including phenoxy) is 1. The lowest BCUT2D eigenvalue weighted by Gasteiger charge is -2.52. The number of nitro groups is 1.